The van der Waals surface area contributed by atoms with E-state index in [4.69, 9.17) is 11.0 Å². The van der Waals surface area contributed by atoms with E-state index in [2.05, 4.69) is 16.4 Å². The molecule has 0 aliphatic heterocycles. The maximum absolute atomic E-state index is 8.87. The van der Waals surface area contributed by atoms with Crippen molar-refractivity contribution in [3.05, 3.63) is 36.0 Å². The Morgan fingerprint density at radius 1 is 1.40 bits per heavy atom. The molecule has 0 unspecified atom stereocenters. The lowest BCUT2D eigenvalue weighted by atomic mass is 10.2. The summed E-state index contributed by atoms with van der Waals surface area (Å²) in [5, 5.41) is 13.3. The molecule has 0 aliphatic rings. The van der Waals surface area contributed by atoms with Crippen molar-refractivity contribution in [2.24, 2.45) is 0 Å². The molecule has 3 N–H and O–H groups in total. The first kappa shape index (κ1) is 9.49. The van der Waals surface area contributed by atoms with Crippen LogP contribution in [0, 0.1) is 11.3 Å². The molecule has 0 atom stereocenters. The minimum Gasteiger partial charge on any atom is -0.389 e. The number of rotatable bonds is 2. The van der Waals surface area contributed by atoms with Crippen molar-refractivity contribution in [3.8, 4) is 6.07 Å². The van der Waals surface area contributed by atoms with E-state index in [1.807, 2.05) is 18.2 Å². The molecule has 0 amide bonds. The smallest absolute Gasteiger partial charge is 0.189 e. The third-order valence-corrected chi connectivity index (χ3v) is 2.55. The second kappa shape index (κ2) is 3.98. The van der Waals surface area contributed by atoms with E-state index in [-0.39, 0.29) is 0 Å². The average molecular weight is 216 g/mol. The lowest BCUT2D eigenvalue weighted by molar-refractivity contribution is 1.38. The Morgan fingerprint density at radius 3 is 2.87 bits per heavy atom. The van der Waals surface area contributed by atoms with Gasteiger partial charge in [0.15, 0.2) is 5.13 Å². The van der Waals surface area contributed by atoms with Crippen molar-refractivity contribution in [1.82, 2.24) is 4.98 Å². The Bertz CT molecular complexity index is 512. The zero-order chi connectivity index (χ0) is 10.7. The molecular weight excluding hydrogens is 208 g/mol. The predicted octanol–water partition coefficient (Wildman–Crippen LogP) is 2.34. The van der Waals surface area contributed by atoms with E-state index in [1.165, 1.54) is 11.3 Å². The van der Waals surface area contributed by atoms with Gasteiger partial charge < -0.3 is 11.1 Å². The molecule has 5 heteroatoms. The molecule has 2 aromatic rings. The first-order valence-corrected chi connectivity index (χ1v) is 5.08. The lowest BCUT2D eigenvalue weighted by Crippen LogP contribution is -1.91. The number of nitrogen functional groups attached to an aromatic ring is 1. The van der Waals surface area contributed by atoms with E-state index >= 15 is 0 Å². The van der Waals surface area contributed by atoms with Crippen molar-refractivity contribution in [3.63, 3.8) is 0 Å². The van der Waals surface area contributed by atoms with Gasteiger partial charge in [-0.05, 0) is 12.1 Å². The monoisotopic (exact) mass is 216 g/mol. The van der Waals surface area contributed by atoms with Gasteiger partial charge in [0.1, 0.15) is 11.1 Å². The number of nitrogens with two attached hydrogens (primary N) is 1. The second-order valence-corrected chi connectivity index (χ2v) is 3.91. The Labute approximate surface area is 91.0 Å². The van der Waals surface area contributed by atoms with Crippen molar-refractivity contribution in [2.45, 2.75) is 0 Å². The Balaban J connectivity index is 2.28. The molecule has 0 spiro atoms. The summed E-state index contributed by atoms with van der Waals surface area (Å²) in [5.74, 6) is 0. The summed E-state index contributed by atoms with van der Waals surface area (Å²) in [6.45, 7) is 0. The third kappa shape index (κ3) is 2.06. The fraction of sp³-hybridized carbons (Fsp3) is 0. The van der Waals surface area contributed by atoms with Crippen LogP contribution < -0.4 is 11.1 Å². The Morgan fingerprint density at radius 2 is 2.20 bits per heavy atom. The average Bonchev–Trinajstić information content (AvgIpc) is 2.65. The molecule has 1 aromatic carbocycles. The molecule has 0 aliphatic carbocycles. The molecule has 0 saturated carbocycles. The first-order chi connectivity index (χ1) is 7.29. The summed E-state index contributed by atoms with van der Waals surface area (Å²) < 4.78 is 0. The van der Waals surface area contributed by atoms with Crippen molar-refractivity contribution in [1.29, 1.82) is 5.26 Å². The predicted molar refractivity (Wildman–Crippen MR) is 61.0 cm³/mol. The molecule has 15 heavy (non-hydrogen) atoms. The van der Waals surface area contributed by atoms with Gasteiger partial charge in [-0.3, -0.25) is 0 Å². The number of benzene rings is 1. The van der Waals surface area contributed by atoms with E-state index in [0.717, 1.165) is 5.69 Å². The number of aromatic nitrogens is 1. The fourth-order valence-corrected chi connectivity index (χ4v) is 1.74. The van der Waals surface area contributed by atoms with Crippen LogP contribution in [0.2, 0.25) is 0 Å². The molecule has 0 fully saturated rings. The highest BCUT2D eigenvalue weighted by atomic mass is 32.1. The number of nitriles is 1. The summed E-state index contributed by atoms with van der Waals surface area (Å²) in [6, 6.07) is 9.37. The molecule has 0 saturated heterocycles. The highest BCUT2D eigenvalue weighted by Crippen LogP contribution is 2.25. The van der Waals surface area contributed by atoms with Crippen LogP contribution in [0.4, 0.5) is 15.8 Å². The first-order valence-electron chi connectivity index (χ1n) is 4.27. The van der Waals surface area contributed by atoms with Crippen LogP contribution in [-0.2, 0) is 0 Å². The van der Waals surface area contributed by atoms with E-state index in [9.17, 15) is 0 Å². The van der Waals surface area contributed by atoms with Gasteiger partial charge >= 0.3 is 0 Å². The van der Waals surface area contributed by atoms with Crippen molar-refractivity contribution >= 4 is 27.2 Å². The van der Waals surface area contributed by atoms with Gasteiger partial charge in [0.05, 0.1) is 17.4 Å². The number of nitrogens with zero attached hydrogens (tertiary/aromatic N) is 2. The standard InChI is InChI=1S/C10H8N4S/c11-5-7-3-1-2-4-8(7)14-10-13-6-9(12)15-10/h1-4,6H,12H2,(H,13,14). The molecule has 74 valence electrons. The molecule has 0 radical (unpaired) electrons. The van der Waals surface area contributed by atoms with E-state index in [1.54, 1.807) is 12.3 Å². The molecule has 1 aromatic heterocycles. The van der Waals surface area contributed by atoms with Gasteiger partial charge in [0.25, 0.3) is 0 Å². The van der Waals surface area contributed by atoms with Gasteiger partial charge in [0, 0.05) is 0 Å². The van der Waals surface area contributed by atoms with Crippen molar-refractivity contribution < 1.29 is 0 Å². The number of nitrogens with one attached hydrogen (secondary N) is 1. The van der Waals surface area contributed by atoms with Crippen LogP contribution in [0.25, 0.3) is 0 Å². The van der Waals surface area contributed by atoms with Crippen LogP contribution >= 0.6 is 11.3 Å². The maximum Gasteiger partial charge on any atom is 0.189 e. The summed E-state index contributed by atoms with van der Waals surface area (Å²) in [5.41, 5.74) is 6.89. The number of para-hydroxylation sites is 1. The zero-order valence-electron chi connectivity index (χ0n) is 7.77. The van der Waals surface area contributed by atoms with Gasteiger partial charge in [-0.15, -0.1) is 0 Å². The SMILES string of the molecule is N#Cc1ccccc1Nc1ncc(N)s1. The van der Waals surface area contributed by atoms with Crippen LogP contribution in [-0.4, -0.2) is 4.98 Å². The number of anilines is 3. The minimum atomic E-state index is 0.589. The number of thiazole rings is 1. The van der Waals surface area contributed by atoms with E-state index < -0.39 is 0 Å². The van der Waals surface area contributed by atoms with Gasteiger partial charge in [-0.25, -0.2) is 4.98 Å². The number of hydrogen-bond acceptors (Lipinski definition) is 5. The normalized spacial score (nSPS) is 9.53. The fourth-order valence-electron chi connectivity index (χ4n) is 1.15. The van der Waals surface area contributed by atoms with Crippen LogP contribution in [0.5, 0.6) is 0 Å². The maximum atomic E-state index is 8.87. The molecule has 4 nitrogen and oxygen atoms in total. The van der Waals surface area contributed by atoms with Gasteiger partial charge in [0.2, 0.25) is 0 Å². The highest BCUT2D eigenvalue weighted by Gasteiger charge is 2.03. The minimum absolute atomic E-state index is 0.589. The summed E-state index contributed by atoms with van der Waals surface area (Å²) in [6.07, 6.45) is 1.59. The molecule has 1 heterocycles. The zero-order valence-corrected chi connectivity index (χ0v) is 8.58. The second-order valence-electron chi connectivity index (χ2n) is 2.85. The summed E-state index contributed by atoms with van der Waals surface area (Å²) >= 11 is 1.35. The number of hydrogen-bond donors (Lipinski definition) is 2. The molecule has 2 rings (SSSR count). The van der Waals surface area contributed by atoms with Gasteiger partial charge in [-0.1, -0.05) is 23.5 Å². The summed E-state index contributed by atoms with van der Waals surface area (Å²) in [4.78, 5) is 4.06. The Hall–Kier alpha value is -2.06. The van der Waals surface area contributed by atoms with Crippen LogP contribution in [0.1, 0.15) is 5.56 Å². The largest absolute Gasteiger partial charge is 0.389 e. The third-order valence-electron chi connectivity index (χ3n) is 1.81. The topological polar surface area (TPSA) is 74.7 Å². The van der Waals surface area contributed by atoms with Crippen molar-refractivity contribution in [2.75, 3.05) is 11.1 Å². The van der Waals surface area contributed by atoms with Gasteiger partial charge in [-0.2, -0.15) is 5.26 Å². The highest BCUT2D eigenvalue weighted by molar-refractivity contribution is 7.19. The summed E-state index contributed by atoms with van der Waals surface area (Å²) in [7, 11) is 0. The lowest BCUT2D eigenvalue weighted by Gasteiger charge is -2.03. The molecular formula is C10H8N4S. The molecule has 0 bridgehead atoms. The Kier molecular flexibility index (Phi) is 2.52. The quantitative estimate of drug-likeness (QED) is 0.808. The van der Waals surface area contributed by atoms with E-state index in [0.29, 0.717) is 15.7 Å². The van der Waals surface area contributed by atoms with Crippen LogP contribution in [0.15, 0.2) is 30.5 Å². The van der Waals surface area contributed by atoms with Crippen LogP contribution in [0.3, 0.4) is 0 Å².